The van der Waals surface area contributed by atoms with Gasteiger partial charge in [-0.25, -0.2) is 4.68 Å². The smallest absolute Gasteiger partial charge is 0.313 e. The molecule has 136 valence electrons. The van der Waals surface area contributed by atoms with Gasteiger partial charge in [0.05, 0.1) is 33.3 Å². The predicted octanol–water partition coefficient (Wildman–Crippen LogP) is 3.58. The molecule has 2 heterocycles. The normalized spacial score (nSPS) is 11.4. The van der Waals surface area contributed by atoms with Crippen molar-refractivity contribution in [3.8, 4) is 0 Å². The van der Waals surface area contributed by atoms with E-state index in [1.165, 1.54) is 45.9 Å². The fourth-order valence-electron chi connectivity index (χ4n) is 1.76. The van der Waals surface area contributed by atoms with Crippen LogP contribution in [0.15, 0.2) is 21.6 Å². The number of hydrogen-bond acceptors (Lipinski definition) is 8. The Morgan fingerprint density at radius 3 is 2.64 bits per heavy atom. The SMILES string of the molecule is CSc1nsc(SC)c1C(=O)Nc1cnn(COC(=O)C(C)(C)C)c1. The Labute approximate surface area is 159 Å². The molecule has 10 heteroatoms. The van der Waals surface area contributed by atoms with Crippen molar-refractivity contribution in [2.45, 2.75) is 36.7 Å². The van der Waals surface area contributed by atoms with E-state index in [1.807, 2.05) is 12.5 Å². The van der Waals surface area contributed by atoms with E-state index >= 15 is 0 Å². The van der Waals surface area contributed by atoms with Gasteiger partial charge >= 0.3 is 5.97 Å². The van der Waals surface area contributed by atoms with Crippen molar-refractivity contribution in [2.75, 3.05) is 17.8 Å². The highest BCUT2D eigenvalue weighted by molar-refractivity contribution is 8.01. The van der Waals surface area contributed by atoms with Gasteiger partial charge in [-0.15, -0.1) is 23.5 Å². The van der Waals surface area contributed by atoms with Crippen molar-refractivity contribution in [3.05, 3.63) is 18.0 Å². The maximum absolute atomic E-state index is 12.5. The lowest BCUT2D eigenvalue weighted by Gasteiger charge is -2.16. The monoisotopic (exact) mass is 400 g/mol. The third-order valence-electron chi connectivity index (χ3n) is 3.07. The number of hydrogen-bond donors (Lipinski definition) is 1. The summed E-state index contributed by atoms with van der Waals surface area (Å²) >= 11 is 4.24. The number of esters is 1. The number of aromatic nitrogens is 3. The molecule has 0 unspecified atom stereocenters. The zero-order valence-corrected chi connectivity index (χ0v) is 17.1. The van der Waals surface area contributed by atoms with E-state index in [0.29, 0.717) is 16.3 Å². The number of anilines is 1. The lowest BCUT2D eigenvalue weighted by atomic mass is 9.98. The number of ether oxygens (including phenoxy) is 1. The average Bonchev–Trinajstić information content (AvgIpc) is 3.17. The minimum Gasteiger partial charge on any atom is -0.442 e. The zero-order chi connectivity index (χ0) is 18.6. The number of rotatable bonds is 6. The highest BCUT2D eigenvalue weighted by Gasteiger charge is 2.23. The Bertz CT molecular complexity index is 743. The van der Waals surface area contributed by atoms with Crippen molar-refractivity contribution in [2.24, 2.45) is 5.41 Å². The number of thioether (sulfide) groups is 2. The highest BCUT2D eigenvalue weighted by atomic mass is 32.2. The topological polar surface area (TPSA) is 86.1 Å². The Hall–Kier alpha value is -1.52. The molecular formula is C15H20N4O3S3. The summed E-state index contributed by atoms with van der Waals surface area (Å²) in [6.07, 6.45) is 6.93. The summed E-state index contributed by atoms with van der Waals surface area (Å²) in [7, 11) is 0. The van der Waals surface area contributed by atoms with Crippen molar-refractivity contribution in [3.63, 3.8) is 0 Å². The lowest BCUT2D eigenvalue weighted by Crippen LogP contribution is -2.24. The van der Waals surface area contributed by atoms with Gasteiger partial charge in [-0.2, -0.15) is 9.47 Å². The maximum atomic E-state index is 12.5. The Balaban J connectivity index is 2.03. The van der Waals surface area contributed by atoms with Crippen LogP contribution in [0.2, 0.25) is 0 Å². The van der Waals surface area contributed by atoms with Gasteiger partial charge in [0.15, 0.2) is 6.73 Å². The van der Waals surface area contributed by atoms with E-state index in [9.17, 15) is 9.59 Å². The van der Waals surface area contributed by atoms with Crippen LogP contribution < -0.4 is 5.32 Å². The van der Waals surface area contributed by atoms with Gasteiger partial charge in [0.25, 0.3) is 5.91 Å². The molecule has 0 aliphatic rings. The highest BCUT2D eigenvalue weighted by Crippen LogP contribution is 2.33. The molecule has 0 bridgehead atoms. The van der Waals surface area contributed by atoms with Crippen LogP contribution in [-0.4, -0.2) is 38.5 Å². The second-order valence-electron chi connectivity index (χ2n) is 6.09. The fraction of sp³-hybridized carbons (Fsp3) is 0.467. The van der Waals surface area contributed by atoms with E-state index in [0.717, 1.165) is 4.21 Å². The maximum Gasteiger partial charge on any atom is 0.313 e. The third kappa shape index (κ3) is 4.99. The first-order valence-electron chi connectivity index (χ1n) is 7.35. The van der Waals surface area contributed by atoms with E-state index in [2.05, 4.69) is 14.8 Å². The Morgan fingerprint density at radius 2 is 2.04 bits per heavy atom. The first kappa shape index (κ1) is 19.8. The average molecular weight is 401 g/mol. The second kappa shape index (κ2) is 8.24. The Kier molecular flexibility index (Phi) is 6.53. The van der Waals surface area contributed by atoms with Gasteiger partial charge in [-0.05, 0) is 44.8 Å². The molecule has 0 saturated heterocycles. The molecule has 25 heavy (non-hydrogen) atoms. The second-order valence-corrected chi connectivity index (χ2v) is 8.74. The summed E-state index contributed by atoms with van der Waals surface area (Å²) in [5.74, 6) is -0.541. The van der Waals surface area contributed by atoms with Crippen LogP contribution >= 0.6 is 35.1 Å². The summed E-state index contributed by atoms with van der Waals surface area (Å²) in [6.45, 7) is 5.35. The number of amides is 1. The van der Waals surface area contributed by atoms with Gasteiger partial charge in [-0.3, -0.25) is 9.59 Å². The van der Waals surface area contributed by atoms with Crippen LogP contribution in [0.25, 0.3) is 0 Å². The van der Waals surface area contributed by atoms with Crippen molar-refractivity contribution < 1.29 is 14.3 Å². The molecule has 0 aliphatic heterocycles. The van der Waals surface area contributed by atoms with E-state index < -0.39 is 5.41 Å². The molecule has 2 aromatic heterocycles. The lowest BCUT2D eigenvalue weighted by molar-refractivity contribution is -0.157. The van der Waals surface area contributed by atoms with Gasteiger partial charge in [0.2, 0.25) is 0 Å². The number of nitrogens with one attached hydrogen (secondary N) is 1. The number of nitrogens with zero attached hydrogens (tertiary/aromatic N) is 3. The van der Waals surface area contributed by atoms with Crippen LogP contribution in [0.4, 0.5) is 5.69 Å². The van der Waals surface area contributed by atoms with Crippen LogP contribution in [-0.2, 0) is 16.3 Å². The number of carbonyl (C=O) groups is 2. The summed E-state index contributed by atoms with van der Waals surface area (Å²) in [5.41, 5.74) is 0.539. The van der Waals surface area contributed by atoms with Crippen LogP contribution in [0, 0.1) is 5.41 Å². The molecule has 0 fully saturated rings. The van der Waals surface area contributed by atoms with E-state index in [-0.39, 0.29) is 18.6 Å². The van der Waals surface area contributed by atoms with Gasteiger partial charge in [0.1, 0.15) is 5.03 Å². The molecular weight excluding hydrogens is 380 g/mol. The summed E-state index contributed by atoms with van der Waals surface area (Å²) < 4.78 is 11.8. The predicted molar refractivity (Wildman–Crippen MR) is 101 cm³/mol. The minimum absolute atomic E-state index is 0.00188. The third-order valence-corrected chi connectivity index (χ3v) is 5.81. The minimum atomic E-state index is -0.571. The fourth-order valence-corrected chi connectivity index (χ4v) is 4.04. The summed E-state index contributed by atoms with van der Waals surface area (Å²) in [6, 6.07) is 0. The quantitative estimate of drug-likeness (QED) is 0.586. The first-order chi connectivity index (χ1) is 11.8. The number of carbonyl (C=O) groups excluding carboxylic acids is 2. The zero-order valence-electron chi connectivity index (χ0n) is 14.7. The van der Waals surface area contributed by atoms with Gasteiger partial charge in [0, 0.05) is 0 Å². The van der Waals surface area contributed by atoms with Crippen molar-refractivity contribution in [1.29, 1.82) is 0 Å². The standard InChI is InChI=1S/C15H20N4O3S3/c1-15(2,3)14(21)22-8-19-7-9(6-16-19)17-11(20)10-12(23-4)18-25-13(10)24-5/h6-7H,8H2,1-5H3,(H,17,20). The summed E-state index contributed by atoms with van der Waals surface area (Å²) in [4.78, 5) is 24.3. The molecule has 0 atom stereocenters. The molecule has 1 N–H and O–H groups in total. The van der Waals surface area contributed by atoms with E-state index in [1.54, 1.807) is 27.0 Å². The van der Waals surface area contributed by atoms with Gasteiger partial charge in [-0.1, -0.05) is 0 Å². The van der Waals surface area contributed by atoms with Crippen molar-refractivity contribution in [1.82, 2.24) is 14.2 Å². The van der Waals surface area contributed by atoms with Crippen LogP contribution in [0.1, 0.15) is 31.1 Å². The van der Waals surface area contributed by atoms with Gasteiger partial charge < -0.3 is 10.1 Å². The molecule has 0 aliphatic carbocycles. The molecule has 1 amide bonds. The molecule has 0 radical (unpaired) electrons. The molecule has 0 aromatic carbocycles. The molecule has 2 aromatic rings. The largest absolute Gasteiger partial charge is 0.442 e. The van der Waals surface area contributed by atoms with Crippen molar-refractivity contribution >= 4 is 52.6 Å². The first-order valence-corrected chi connectivity index (χ1v) is 10.6. The molecule has 0 spiro atoms. The molecule has 7 nitrogen and oxygen atoms in total. The van der Waals surface area contributed by atoms with E-state index in [4.69, 9.17) is 4.74 Å². The summed E-state index contributed by atoms with van der Waals surface area (Å²) in [5, 5.41) is 7.61. The molecule has 2 rings (SSSR count). The Morgan fingerprint density at radius 1 is 1.32 bits per heavy atom. The van der Waals surface area contributed by atoms with Crippen LogP contribution in [0.3, 0.4) is 0 Å². The van der Waals surface area contributed by atoms with Crippen LogP contribution in [0.5, 0.6) is 0 Å². The molecule has 0 saturated carbocycles.